The number of aryl methyl sites for hydroxylation is 1. The van der Waals surface area contributed by atoms with E-state index in [1.807, 2.05) is 13.0 Å². The summed E-state index contributed by atoms with van der Waals surface area (Å²) in [5, 5.41) is 13.8. The highest BCUT2D eigenvalue weighted by atomic mass is 32.2. The Morgan fingerprint density at radius 1 is 1.06 bits per heavy atom. The minimum Gasteiger partial charge on any atom is -0.325 e. The number of hydrogen-bond donors (Lipinski definition) is 2. The van der Waals surface area contributed by atoms with Crippen molar-refractivity contribution in [2.45, 2.75) is 24.3 Å². The van der Waals surface area contributed by atoms with E-state index in [1.165, 1.54) is 23.1 Å². The quantitative estimate of drug-likeness (QED) is 0.400. The molecule has 174 valence electrons. The second-order valence-corrected chi connectivity index (χ2v) is 9.22. The Morgan fingerprint density at radius 3 is 2.47 bits per heavy atom. The smallest absolute Gasteiger partial charge is 0.244 e. The molecule has 1 amide bonds. The number of hydrogen-bond acceptors (Lipinski definition) is 6. The number of anilines is 1. The van der Waals surface area contributed by atoms with Gasteiger partial charge in [0.25, 0.3) is 0 Å². The molecule has 3 aromatic carbocycles. The molecule has 0 saturated carbocycles. The monoisotopic (exact) mass is 480 g/mol. The van der Waals surface area contributed by atoms with E-state index in [9.17, 15) is 17.6 Å². The number of aromatic nitrogens is 4. The van der Waals surface area contributed by atoms with Crippen LogP contribution in [0.2, 0.25) is 0 Å². The molecule has 2 N–H and O–H groups in total. The van der Waals surface area contributed by atoms with Gasteiger partial charge < -0.3 is 5.32 Å². The zero-order valence-electron chi connectivity index (χ0n) is 18.1. The minimum atomic E-state index is -4.30. The van der Waals surface area contributed by atoms with Gasteiger partial charge in [-0.15, -0.1) is 5.10 Å². The third kappa shape index (κ3) is 5.33. The Hall–Kier alpha value is -3.96. The topological polar surface area (TPSA) is 119 Å². The summed E-state index contributed by atoms with van der Waals surface area (Å²) in [5.41, 5.74) is 2.72. The van der Waals surface area contributed by atoms with Crippen molar-refractivity contribution in [3.8, 4) is 5.69 Å². The van der Waals surface area contributed by atoms with Crippen molar-refractivity contribution in [1.29, 1.82) is 0 Å². The van der Waals surface area contributed by atoms with Crippen LogP contribution in [0.25, 0.3) is 5.69 Å². The molecule has 1 aromatic heterocycles. The van der Waals surface area contributed by atoms with E-state index in [0.717, 1.165) is 28.9 Å². The number of benzene rings is 3. The number of carbonyl (C=O) groups excluding carboxylic acids is 1. The zero-order chi connectivity index (χ0) is 24.1. The molecule has 0 radical (unpaired) electrons. The van der Waals surface area contributed by atoms with Gasteiger partial charge in [0.05, 0.1) is 5.69 Å². The first kappa shape index (κ1) is 23.2. The van der Waals surface area contributed by atoms with Crippen LogP contribution in [0, 0.1) is 12.7 Å². The van der Waals surface area contributed by atoms with Gasteiger partial charge in [-0.1, -0.05) is 42.5 Å². The van der Waals surface area contributed by atoms with Crippen molar-refractivity contribution in [2.24, 2.45) is 0 Å². The SMILES string of the molecule is Cc1cc(NC(=O)[C@H](Cc2ccccc2)NS(=O)(=O)c2ccccc2F)ccc1-n1cnnn1. The van der Waals surface area contributed by atoms with Gasteiger partial charge in [-0.2, -0.15) is 4.72 Å². The lowest BCUT2D eigenvalue weighted by atomic mass is 10.1. The first-order chi connectivity index (χ1) is 16.3. The van der Waals surface area contributed by atoms with Gasteiger partial charge in [0.15, 0.2) is 0 Å². The van der Waals surface area contributed by atoms with E-state index < -0.39 is 32.7 Å². The van der Waals surface area contributed by atoms with Crippen LogP contribution in [0.1, 0.15) is 11.1 Å². The third-order valence-corrected chi connectivity index (χ3v) is 6.59. The van der Waals surface area contributed by atoms with Crippen LogP contribution >= 0.6 is 0 Å². The number of rotatable bonds is 8. The van der Waals surface area contributed by atoms with E-state index >= 15 is 0 Å². The third-order valence-electron chi connectivity index (χ3n) is 5.08. The fourth-order valence-corrected chi connectivity index (χ4v) is 4.72. The summed E-state index contributed by atoms with van der Waals surface area (Å²) < 4.78 is 43.8. The van der Waals surface area contributed by atoms with Crippen molar-refractivity contribution >= 4 is 21.6 Å². The van der Waals surface area contributed by atoms with Crippen molar-refractivity contribution in [3.63, 3.8) is 0 Å². The molecule has 0 bridgehead atoms. The summed E-state index contributed by atoms with van der Waals surface area (Å²) >= 11 is 0. The first-order valence-corrected chi connectivity index (χ1v) is 11.8. The van der Waals surface area contributed by atoms with Crippen molar-refractivity contribution in [1.82, 2.24) is 24.9 Å². The standard InChI is InChI=1S/C23H21FN6O3S/c1-16-13-18(11-12-21(16)30-15-25-28-29-30)26-23(31)20(14-17-7-3-2-4-8-17)27-34(32,33)22-10-6-5-9-19(22)24/h2-13,15,20,27H,14H2,1H3,(H,26,31)/t20-/m0/s1. The van der Waals surface area contributed by atoms with E-state index in [4.69, 9.17) is 0 Å². The fourth-order valence-electron chi connectivity index (χ4n) is 3.44. The Balaban J connectivity index is 1.59. The molecule has 0 aliphatic carbocycles. The van der Waals surface area contributed by atoms with Crippen molar-refractivity contribution in [3.05, 3.63) is 96.1 Å². The summed E-state index contributed by atoms with van der Waals surface area (Å²) in [5.74, 6) is -1.49. The normalized spacial score (nSPS) is 12.3. The van der Waals surface area contributed by atoms with E-state index in [2.05, 4.69) is 25.6 Å². The first-order valence-electron chi connectivity index (χ1n) is 10.3. The predicted octanol–water partition coefficient (Wildman–Crippen LogP) is 2.64. The Bertz CT molecular complexity index is 1400. The van der Waals surface area contributed by atoms with Crippen LogP contribution in [0.5, 0.6) is 0 Å². The molecule has 0 fully saturated rings. The maximum Gasteiger partial charge on any atom is 0.244 e. The summed E-state index contributed by atoms with van der Waals surface area (Å²) in [6.07, 6.45) is 1.52. The van der Waals surface area contributed by atoms with Gasteiger partial charge in [-0.25, -0.2) is 17.5 Å². The number of tetrazole rings is 1. The fraction of sp³-hybridized carbons (Fsp3) is 0.130. The molecule has 0 aliphatic heterocycles. The number of sulfonamides is 1. The number of nitrogens with zero attached hydrogens (tertiary/aromatic N) is 4. The lowest BCUT2D eigenvalue weighted by molar-refractivity contribution is -0.117. The molecule has 0 saturated heterocycles. The molecule has 9 nitrogen and oxygen atoms in total. The highest BCUT2D eigenvalue weighted by molar-refractivity contribution is 7.89. The molecule has 0 spiro atoms. The van der Waals surface area contributed by atoms with E-state index in [1.54, 1.807) is 42.5 Å². The van der Waals surface area contributed by atoms with Crippen LogP contribution in [-0.4, -0.2) is 40.6 Å². The molecule has 34 heavy (non-hydrogen) atoms. The van der Waals surface area contributed by atoms with Gasteiger partial charge in [0.1, 0.15) is 23.1 Å². The molecule has 0 unspecified atom stereocenters. The maximum absolute atomic E-state index is 14.2. The molecule has 0 aliphatic rings. The molecule has 4 rings (SSSR count). The lowest BCUT2D eigenvalue weighted by Crippen LogP contribution is -2.45. The lowest BCUT2D eigenvalue weighted by Gasteiger charge is -2.19. The Labute approximate surface area is 195 Å². The van der Waals surface area contributed by atoms with Crippen LogP contribution in [0.15, 0.2) is 84.0 Å². The second kappa shape index (κ2) is 9.89. The Morgan fingerprint density at radius 2 is 1.79 bits per heavy atom. The van der Waals surface area contributed by atoms with Gasteiger partial charge in [-0.05, 0) is 65.2 Å². The average Bonchev–Trinajstić information content (AvgIpc) is 3.34. The Kier molecular flexibility index (Phi) is 6.75. The van der Waals surface area contributed by atoms with Crippen molar-refractivity contribution in [2.75, 3.05) is 5.32 Å². The van der Waals surface area contributed by atoms with Crippen LogP contribution in [0.3, 0.4) is 0 Å². The summed E-state index contributed by atoms with van der Waals surface area (Å²) in [6.45, 7) is 1.83. The van der Waals surface area contributed by atoms with Crippen molar-refractivity contribution < 1.29 is 17.6 Å². The maximum atomic E-state index is 14.2. The van der Waals surface area contributed by atoms with E-state index in [0.29, 0.717) is 5.69 Å². The van der Waals surface area contributed by atoms with Gasteiger partial charge in [0, 0.05) is 5.69 Å². The molecular weight excluding hydrogens is 459 g/mol. The molecule has 4 aromatic rings. The van der Waals surface area contributed by atoms with Crippen LogP contribution in [0.4, 0.5) is 10.1 Å². The molecular formula is C23H21FN6O3S. The second-order valence-electron chi connectivity index (χ2n) is 7.54. The summed E-state index contributed by atoms with van der Waals surface area (Å²) in [7, 11) is -4.30. The highest BCUT2D eigenvalue weighted by Gasteiger charge is 2.28. The molecule has 11 heteroatoms. The number of nitrogens with one attached hydrogen (secondary N) is 2. The van der Waals surface area contributed by atoms with E-state index in [-0.39, 0.29) is 6.42 Å². The average molecular weight is 481 g/mol. The molecule has 1 atom stereocenters. The van der Waals surface area contributed by atoms with Gasteiger partial charge in [-0.3, -0.25) is 4.79 Å². The number of carbonyl (C=O) groups is 1. The minimum absolute atomic E-state index is 0.0715. The number of amides is 1. The van der Waals surface area contributed by atoms with Gasteiger partial charge in [0.2, 0.25) is 15.9 Å². The summed E-state index contributed by atoms with van der Waals surface area (Å²) in [6, 6.07) is 17.9. The largest absolute Gasteiger partial charge is 0.325 e. The van der Waals surface area contributed by atoms with Gasteiger partial charge >= 0.3 is 0 Å². The van der Waals surface area contributed by atoms with Crippen LogP contribution < -0.4 is 10.0 Å². The number of halogens is 1. The van der Waals surface area contributed by atoms with Crippen LogP contribution in [-0.2, 0) is 21.2 Å². The highest BCUT2D eigenvalue weighted by Crippen LogP contribution is 2.19. The zero-order valence-corrected chi connectivity index (χ0v) is 18.9. The molecule has 1 heterocycles. The summed E-state index contributed by atoms with van der Waals surface area (Å²) in [4.78, 5) is 12.6. The predicted molar refractivity (Wildman–Crippen MR) is 123 cm³/mol.